The maximum absolute atomic E-state index is 8.43. The molecule has 0 radical (unpaired) electrons. The van der Waals surface area contributed by atoms with Crippen LogP contribution in [0.15, 0.2) is 0 Å². The van der Waals surface area contributed by atoms with Crippen molar-refractivity contribution in [3.8, 4) is 6.07 Å². The molecule has 0 rings (SSSR count). The summed E-state index contributed by atoms with van der Waals surface area (Å²) in [5, 5.41) is 12.3. The zero-order chi connectivity index (χ0) is 10.3. The van der Waals surface area contributed by atoms with Crippen molar-refractivity contribution >= 4 is 17.3 Å². The van der Waals surface area contributed by atoms with E-state index in [-0.39, 0.29) is 0 Å². The van der Waals surface area contributed by atoms with Crippen LogP contribution in [0.5, 0.6) is 0 Å². The minimum absolute atomic E-state index is 0.351. The van der Waals surface area contributed by atoms with Crippen molar-refractivity contribution in [3.05, 3.63) is 0 Å². The summed E-state index contributed by atoms with van der Waals surface area (Å²) >= 11 is 5.17. The third kappa shape index (κ3) is 5.42. The molecule has 0 atom stereocenters. The third-order valence-corrected chi connectivity index (χ3v) is 1.95. The average molecular weight is 199 g/mol. The van der Waals surface area contributed by atoms with Gasteiger partial charge in [-0.3, -0.25) is 0 Å². The van der Waals surface area contributed by atoms with Gasteiger partial charge in [0.25, 0.3) is 0 Å². The first-order valence-electron chi connectivity index (χ1n) is 4.54. The Morgan fingerprint density at radius 1 is 1.62 bits per heavy atom. The summed E-state index contributed by atoms with van der Waals surface area (Å²) in [6.45, 7) is 7.69. The lowest BCUT2D eigenvalue weighted by Gasteiger charge is -2.24. The zero-order valence-corrected chi connectivity index (χ0v) is 9.32. The van der Waals surface area contributed by atoms with Crippen molar-refractivity contribution in [2.45, 2.75) is 33.2 Å². The number of nitrogens with one attached hydrogen (secondary N) is 1. The van der Waals surface area contributed by atoms with E-state index in [0.29, 0.717) is 19.0 Å². The maximum atomic E-state index is 8.43. The number of thiocarbonyl (C=S) groups is 1. The van der Waals surface area contributed by atoms with Crippen LogP contribution in [0.3, 0.4) is 0 Å². The number of hydrogen-bond donors (Lipinski definition) is 1. The van der Waals surface area contributed by atoms with Crippen LogP contribution in [-0.4, -0.2) is 29.1 Å². The van der Waals surface area contributed by atoms with Gasteiger partial charge in [0.2, 0.25) is 0 Å². The molecule has 0 amide bonds. The molecule has 0 unspecified atom stereocenters. The second-order valence-corrected chi connectivity index (χ2v) is 3.48. The van der Waals surface area contributed by atoms with Gasteiger partial charge >= 0.3 is 0 Å². The molecule has 0 aliphatic carbocycles. The van der Waals surface area contributed by atoms with E-state index in [9.17, 15) is 0 Å². The Morgan fingerprint density at radius 2 is 2.23 bits per heavy atom. The van der Waals surface area contributed by atoms with Gasteiger partial charge in [0, 0.05) is 19.1 Å². The van der Waals surface area contributed by atoms with Gasteiger partial charge in [0.1, 0.15) is 0 Å². The summed E-state index contributed by atoms with van der Waals surface area (Å²) in [7, 11) is 0. The normalized spacial score (nSPS) is 9.46. The van der Waals surface area contributed by atoms with Gasteiger partial charge in [-0.05, 0) is 33.0 Å². The lowest BCUT2D eigenvalue weighted by atomic mass is 10.4. The summed E-state index contributed by atoms with van der Waals surface area (Å²) in [5.74, 6) is 0. The number of hydrogen-bond acceptors (Lipinski definition) is 2. The highest BCUT2D eigenvalue weighted by Gasteiger charge is 2.06. The largest absolute Gasteiger partial charge is 0.360 e. The van der Waals surface area contributed by atoms with E-state index in [4.69, 9.17) is 17.5 Å². The van der Waals surface area contributed by atoms with Gasteiger partial charge in [0.05, 0.1) is 12.5 Å². The van der Waals surface area contributed by atoms with E-state index in [1.807, 2.05) is 25.7 Å². The van der Waals surface area contributed by atoms with Crippen molar-refractivity contribution in [3.63, 3.8) is 0 Å². The Labute approximate surface area is 85.7 Å². The van der Waals surface area contributed by atoms with Crippen LogP contribution in [0.25, 0.3) is 0 Å². The molecule has 0 bridgehead atoms. The molecule has 3 nitrogen and oxygen atoms in total. The van der Waals surface area contributed by atoms with E-state index in [1.54, 1.807) is 0 Å². The lowest BCUT2D eigenvalue weighted by Crippen LogP contribution is -2.42. The number of nitrogens with zero attached hydrogens (tertiary/aromatic N) is 2. The van der Waals surface area contributed by atoms with E-state index in [2.05, 4.69) is 11.4 Å². The second-order valence-electron chi connectivity index (χ2n) is 3.09. The van der Waals surface area contributed by atoms with Crippen LogP contribution < -0.4 is 5.32 Å². The first-order valence-corrected chi connectivity index (χ1v) is 4.95. The van der Waals surface area contributed by atoms with E-state index < -0.39 is 0 Å². The minimum atomic E-state index is 0.351. The van der Waals surface area contributed by atoms with E-state index >= 15 is 0 Å². The predicted molar refractivity (Wildman–Crippen MR) is 58.3 cm³/mol. The lowest BCUT2D eigenvalue weighted by molar-refractivity contribution is 0.436. The molecule has 1 N–H and O–H groups in total. The Morgan fingerprint density at radius 3 is 2.62 bits per heavy atom. The molecule has 0 aromatic carbocycles. The molecular weight excluding hydrogens is 182 g/mol. The Bertz CT molecular complexity index is 196. The van der Waals surface area contributed by atoms with Crippen molar-refractivity contribution in [1.29, 1.82) is 5.26 Å². The maximum Gasteiger partial charge on any atom is 0.169 e. The average Bonchev–Trinajstić information content (AvgIpc) is 2.04. The molecule has 0 heterocycles. The third-order valence-electron chi connectivity index (χ3n) is 1.57. The van der Waals surface area contributed by atoms with Gasteiger partial charge in [-0.15, -0.1) is 0 Å². The molecule has 4 heteroatoms. The first-order chi connectivity index (χ1) is 6.11. The van der Waals surface area contributed by atoms with Gasteiger partial charge in [-0.25, -0.2) is 0 Å². The number of rotatable bonds is 4. The quantitative estimate of drug-likeness (QED) is 0.697. The smallest absolute Gasteiger partial charge is 0.169 e. The standard InChI is InChI=1S/C9H17N3S/c1-4-12(7-5-6-10)9(13)11-8(2)3/h8H,4-5,7H2,1-3H3,(H,11,13). The second kappa shape index (κ2) is 6.67. The van der Waals surface area contributed by atoms with Crippen LogP contribution in [-0.2, 0) is 0 Å². The molecule has 0 aromatic heterocycles. The van der Waals surface area contributed by atoms with Crippen LogP contribution in [0.2, 0.25) is 0 Å². The van der Waals surface area contributed by atoms with Crippen LogP contribution in [0.4, 0.5) is 0 Å². The SMILES string of the molecule is CCN(CCC#N)C(=S)NC(C)C. The Balaban J connectivity index is 3.93. The van der Waals surface area contributed by atoms with Crippen molar-refractivity contribution < 1.29 is 0 Å². The van der Waals surface area contributed by atoms with Gasteiger partial charge in [0.15, 0.2) is 5.11 Å². The highest BCUT2D eigenvalue weighted by molar-refractivity contribution is 7.80. The molecular formula is C9H17N3S. The topological polar surface area (TPSA) is 39.1 Å². The molecule has 0 aliphatic heterocycles. The van der Waals surface area contributed by atoms with Crippen LogP contribution >= 0.6 is 12.2 Å². The minimum Gasteiger partial charge on any atom is -0.360 e. The molecule has 0 saturated carbocycles. The summed E-state index contributed by atoms with van der Waals surface area (Å²) < 4.78 is 0. The van der Waals surface area contributed by atoms with Crippen molar-refractivity contribution in [1.82, 2.24) is 10.2 Å². The summed E-state index contributed by atoms with van der Waals surface area (Å²) in [6.07, 6.45) is 0.522. The first kappa shape index (κ1) is 12.2. The predicted octanol–water partition coefficient (Wildman–Crippen LogP) is 1.50. The van der Waals surface area contributed by atoms with Gasteiger partial charge in [-0.2, -0.15) is 5.26 Å². The summed E-state index contributed by atoms with van der Waals surface area (Å²) in [6, 6.07) is 2.46. The number of nitriles is 1. The fraction of sp³-hybridized carbons (Fsp3) is 0.778. The van der Waals surface area contributed by atoms with E-state index in [1.165, 1.54) is 0 Å². The molecule has 0 spiro atoms. The Kier molecular flexibility index (Phi) is 6.25. The van der Waals surface area contributed by atoms with Crippen LogP contribution in [0.1, 0.15) is 27.2 Å². The van der Waals surface area contributed by atoms with Gasteiger partial charge < -0.3 is 10.2 Å². The van der Waals surface area contributed by atoms with Gasteiger partial charge in [-0.1, -0.05) is 0 Å². The summed E-state index contributed by atoms with van der Waals surface area (Å²) in [4.78, 5) is 2.00. The van der Waals surface area contributed by atoms with Crippen LogP contribution in [0, 0.1) is 11.3 Å². The fourth-order valence-electron chi connectivity index (χ4n) is 0.926. The highest BCUT2D eigenvalue weighted by Crippen LogP contribution is 1.93. The molecule has 0 saturated heterocycles. The zero-order valence-electron chi connectivity index (χ0n) is 8.50. The fourth-order valence-corrected chi connectivity index (χ4v) is 1.38. The van der Waals surface area contributed by atoms with Crippen molar-refractivity contribution in [2.24, 2.45) is 0 Å². The highest BCUT2D eigenvalue weighted by atomic mass is 32.1. The Hall–Kier alpha value is -0.820. The molecule has 13 heavy (non-hydrogen) atoms. The molecule has 0 fully saturated rings. The van der Waals surface area contributed by atoms with E-state index in [0.717, 1.165) is 11.7 Å². The monoisotopic (exact) mass is 199 g/mol. The summed E-state index contributed by atoms with van der Waals surface area (Å²) in [5.41, 5.74) is 0. The van der Waals surface area contributed by atoms with Crippen molar-refractivity contribution in [2.75, 3.05) is 13.1 Å². The molecule has 0 aliphatic rings. The molecule has 0 aromatic rings. The molecule has 74 valence electrons.